The van der Waals surface area contributed by atoms with Gasteiger partial charge in [0.15, 0.2) is 5.16 Å². The fourth-order valence-electron chi connectivity index (χ4n) is 2.31. The molecule has 1 aromatic heterocycles. The lowest BCUT2D eigenvalue weighted by atomic mass is 10.2. The molecule has 1 amide bonds. The molecule has 5 nitrogen and oxygen atoms in total. The summed E-state index contributed by atoms with van der Waals surface area (Å²) in [6.07, 6.45) is 4.55. The lowest BCUT2D eigenvalue weighted by Crippen LogP contribution is -2.33. The molecule has 0 aliphatic heterocycles. The first-order valence-electron chi connectivity index (χ1n) is 7.27. The highest BCUT2D eigenvalue weighted by Gasteiger charge is 2.17. The quantitative estimate of drug-likeness (QED) is 0.593. The number of aromatic nitrogens is 2. The Morgan fingerprint density at radius 1 is 1.48 bits per heavy atom. The van der Waals surface area contributed by atoms with Gasteiger partial charge in [0, 0.05) is 17.9 Å². The maximum absolute atomic E-state index is 11.9. The maximum atomic E-state index is 11.9. The smallest absolute Gasteiger partial charge is 0.251 e. The van der Waals surface area contributed by atoms with Crippen molar-refractivity contribution in [3.05, 3.63) is 22.1 Å². The number of rotatable bonds is 7. The topological polar surface area (TPSA) is 74.8 Å². The Bertz CT molecular complexity index is 527. The van der Waals surface area contributed by atoms with Gasteiger partial charge in [0.1, 0.15) is 0 Å². The number of carbonyl (C=O) groups excluding carboxylic acids is 1. The Morgan fingerprint density at radius 2 is 2.24 bits per heavy atom. The summed E-state index contributed by atoms with van der Waals surface area (Å²) in [7, 11) is 0. The molecule has 0 saturated heterocycles. The molecule has 116 valence electrons. The maximum Gasteiger partial charge on any atom is 0.251 e. The van der Waals surface area contributed by atoms with Crippen LogP contribution in [0.5, 0.6) is 0 Å². The minimum absolute atomic E-state index is 0.0166. The molecule has 0 bridgehead atoms. The van der Waals surface area contributed by atoms with Gasteiger partial charge in [0.25, 0.3) is 5.56 Å². The number of hydrogen-bond donors (Lipinski definition) is 2. The predicted molar refractivity (Wildman–Crippen MR) is 87.8 cm³/mol. The standard InChI is InChI=1S/C14H21N3O2S2/c1-2-20-8-11-7-12(18)17-14(16-11)21-9-13(19)15-10-5-3-4-6-10/h7,10H,2-6,8-9H2,1H3,(H,15,19)(H,16,17,18). The number of aromatic amines is 1. The number of hydrogen-bond acceptors (Lipinski definition) is 5. The van der Waals surface area contributed by atoms with Crippen molar-refractivity contribution in [2.24, 2.45) is 0 Å². The van der Waals surface area contributed by atoms with Crippen LogP contribution in [-0.2, 0) is 10.5 Å². The van der Waals surface area contributed by atoms with Crippen molar-refractivity contribution in [3.8, 4) is 0 Å². The van der Waals surface area contributed by atoms with Gasteiger partial charge < -0.3 is 10.3 Å². The summed E-state index contributed by atoms with van der Waals surface area (Å²) in [6, 6.07) is 1.85. The number of carbonyl (C=O) groups is 1. The summed E-state index contributed by atoms with van der Waals surface area (Å²) in [6.45, 7) is 2.07. The first kappa shape index (κ1) is 16.4. The van der Waals surface area contributed by atoms with E-state index in [0.29, 0.717) is 17.0 Å². The van der Waals surface area contributed by atoms with Crippen LogP contribution in [0, 0.1) is 0 Å². The Hall–Kier alpha value is -0.950. The molecule has 1 aliphatic carbocycles. The second-order valence-electron chi connectivity index (χ2n) is 5.02. The minimum atomic E-state index is -0.157. The number of nitrogens with zero attached hydrogens (tertiary/aromatic N) is 1. The van der Waals surface area contributed by atoms with Gasteiger partial charge in [-0.15, -0.1) is 0 Å². The van der Waals surface area contributed by atoms with E-state index in [1.54, 1.807) is 11.8 Å². The zero-order chi connectivity index (χ0) is 15.1. The van der Waals surface area contributed by atoms with Gasteiger partial charge in [-0.1, -0.05) is 31.5 Å². The fourth-order valence-corrected chi connectivity index (χ4v) is 3.57. The highest BCUT2D eigenvalue weighted by molar-refractivity contribution is 7.99. The molecule has 21 heavy (non-hydrogen) atoms. The molecule has 1 fully saturated rings. The van der Waals surface area contributed by atoms with Crippen LogP contribution in [0.15, 0.2) is 16.0 Å². The van der Waals surface area contributed by atoms with Crippen LogP contribution >= 0.6 is 23.5 Å². The van der Waals surface area contributed by atoms with E-state index >= 15 is 0 Å². The molecule has 1 aliphatic rings. The number of H-pyrrole nitrogens is 1. The molecular weight excluding hydrogens is 306 g/mol. The molecule has 2 N–H and O–H groups in total. The van der Waals surface area contributed by atoms with Crippen molar-refractivity contribution in [1.29, 1.82) is 0 Å². The molecule has 2 rings (SSSR count). The van der Waals surface area contributed by atoms with Crippen molar-refractivity contribution < 1.29 is 4.79 Å². The SMILES string of the molecule is CCSCc1cc(=O)[nH]c(SCC(=O)NC2CCCC2)n1. The van der Waals surface area contributed by atoms with E-state index in [4.69, 9.17) is 0 Å². The monoisotopic (exact) mass is 327 g/mol. The zero-order valence-corrected chi connectivity index (χ0v) is 13.8. The molecule has 0 radical (unpaired) electrons. The largest absolute Gasteiger partial charge is 0.353 e. The third-order valence-electron chi connectivity index (χ3n) is 3.29. The average Bonchev–Trinajstić information content (AvgIpc) is 2.95. The summed E-state index contributed by atoms with van der Waals surface area (Å²) in [4.78, 5) is 30.5. The lowest BCUT2D eigenvalue weighted by Gasteiger charge is -2.11. The van der Waals surface area contributed by atoms with Gasteiger partial charge in [-0.2, -0.15) is 11.8 Å². The van der Waals surface area contributed by atoms with Gasteiger partial charge in [0.05, 0.1) is 11.4 Å². The summed E-state index contributed by atoms with van der Waals surface area (Å²) < 4.78 is 0. The number of nitrogens with one attached hydrogen (secondary N) is 2. The second-order valence-corrected chi connectivity index (χ2v) is 7.25. The molecule has 0 aromatic carbocycles. The normalized spacial score (nSPS) is 15.3. The number of amides is 1. The van der Waals surface area contributed by atoms with Gasteiger partial charge >= 0.3 is 0 Å². The molecule has 0 unspecified atom stereocenters. The highest BCUT2D eigenvalue weighted by atomic mass is 32.2. The molecule has 7 heteroatoms. The van der Waals surface area contributed by atoms with Crippen LogP contribution in [0.2, 0.25) is 0 Å². The summed E-state index contributed by atoms with van der Waals surface area (Å²) >= 11 is 3.01. The van der Waals surface area contributed by atoms with E-state index in [2.05, 4.69) is 22.2 Å². The third kappa shape index (κ3) is 5.74. The molecule has 1 aromatic rings. The Labute approximate surface area is 133 Å². The zero-order valence-electron chi connectivity index (χ0n) is 12.2. The van der Waals surface area contributed by atoms with Crippen molar-refractivity contribution in [1.82, 2.24) is 15.3 Å². The molecular formula is C14H21N3O2S2. The Kier molecular flexibility index (Phi) is 6.63. The predicted octanol–water partition coefficient (Wildman–Crippen LogP) is 2.17. The van der Waals surface area contributed by atoms with Gasteiger partial charge in [0.2, 0.25) is 5.91 Å². The molecule has 0 atom stereocenters. The third-order valence-corrected chi connectivity index (χ3v) is 5.07. The van der Waals surface area contributed by atoms with E-state index in [9.17, 15) is 9.59 Å². The van der Waals surface area contributed by atoms with Crippen molar-refractivity contribution in [2.75, 3.05) is 11.5 Å². The Balaban J connectivity index is 1.85. The summed E-state index contributed by atoms with van der Waals surface area (Å²) in [5.41, 5.74) is 0.611. The van der Waals surface area contributed by atoms with Crippen molar-refractivity contribution >= 4 is 29.4 Å². The first-order valence-corrected chi connectivity index (χ1v) is 9.41. The van der Waals surface area contributed by atoms with E-state index < -0.39 is 0 Å². The van der Waals surface area contributed by atoms with Gasteiger partial charge in [-0.05, 0) is 18.6 Å². The summed E-state index contributed by atoms with van der Waals surface area (Å²) in [5.74, 6) is 2.02. The van der Waals surface area contributed by atoms with Crippen LogP contribution in [0.4, 0.5) is 0 Å². The van der Waals surface area contributed by atoms with Crippen LogP contribution in [0.1, 0.15) is 38.3 Å². The van der Waals surface area contributed by atoms with Crippen molar-refractivity contribution in [2.45, 2.75) is 49.6 Å². The molecule has 0 spiro atoms. The van der Waals surface area contributed by atoms with E-state index in [-0.39, 0.29) is 11.5 Å². The van der Waals surface area contributed by atoms with E-state index in [1.165, 1.54) is 30.7 Å². The highest BCUT2D eigenvalue weighted by Crippen LogP contribution is 2.18. The van der Waals surface area contributed by atoms with Crippen LogP contribution in [0.3, 0.4) is 0 Å². The van der Waals surface area contributed by atoms with Crippen LogP contribution in [-0.4, -0.2) is 33.4 Å². The second kappa shape index (κ2) is 8.48. The number of thioether (sulfide) groups is 2. The van der Waals surface area contributed by atoms with Gasteiger partial charge in [-0.3, -0.25) is 9.59 Å². The van der Waals surface area contributed by atoms with Crippen LogP contribution in [0.25, 0.3) is 0 Å². The van der Waals surface area contributed by atoms with Crippen LogP contribution < -0.4 is 10.9 Å². The minimum Gasteiger partial charge on any atom is -0.353 e. The molecule has 1 heterocycles. The fraction of sp³-hybridized carbons (Fsp3) is 0.643. The molecule has 1 saturated carbocycles. The van der Waals surface area contributed by atoms with Crippen molar-refractivity contribution in [3.63, 3.8) is 0 Å². The average molecular weight is 327 g/mol. The summed E-state index contributed by atoms with van der Waals surface area (Å²) in [5, 5.41) is 3.55. The van der Waals surface area contributed by atoms with E-state index in [1.807, 2.05) is 0 Å². The van der Waals surface area contributed by atoms with E-state index in [0.717, 1.165) is 30.0 Å². The Morgan fingerprint density at radius 3 is 2.95 bits per heavy atom. The lowest BCUT2D eigenvalue weighted by molar-refractivity contribution is -0.119. The first-order chi connectivity index (χ1) is 10.2. The van der Waals surface area contributed by atoms with Gasteiger partial charge in [-0.25, -0.2) is 4.98 Å².